The standard InChI is InChI=1S/C68H116N18O20/c1-30(2)28-32(5)51(90)35(8)56(94)77-36(9)57(95)78-42(18-16-26-75-67(71)72)52(91)53(92)63(101)81-47(33(6)34(7)55(70)93)60(98)83-49-39(12)106-66(104)37(10)85(13)65(103)50(54(105-15)40-20-22-41(88)23-21-40)84-59(97)45(24-25-46(69)89)86(14)64(102)44(29-31(3)4)80-58(96)43(19-17-27-76-68(73)74)79-61(99)48(38(11)87)82-62(49)100/h20-23,30-39,42-45,47-54,87-88,90-92H,16-19,24-29H2,1-15H3,(H2,69,89)(H2,70,93)(H,77,94)(H,78,95)(H,79,99)(H,80,96)(H,81,101)(H,82,100)(H,83,98)(H,84,97)(H4,71,72,75)(H4,73,74,76)/t32?,33?,34-,35-,36?,37?,38?,39-,42+,43-,44+,45?,47+,48+,49?,50?,51?,52-,53?,54?/m1/s1. The molecule has 1 aliphatic rings. The van der Waals surface area contributed by atoms with Crippen LogP contribution in [0.2, 0.25) is 0 Å². The fourth-order valence-electron chi connectivity index (χ4n) is 11.7. The average Bonchev–Trinajstić information content (AvgIpc) is 0.811. The van der Waals surface area contributed by atoms with Crippen molar-refractivity contribution in [1.29, 1.82) is 0 Å². The van der Waals surface area contributed by atoms with E-state index in [0.29, 0.717) is 6.42 Å². The molecule has 1 aromatic rings. The molecule has 1 aliphatic heterocycles. The average molecular weight is 1510 g/mol. The lowest BCUT2D eigenvalue weighted by atomic mass is 9.87. The van der Waals surface area contributed by atoms with Crippen LogP contribution in [0.3, 0.4) is 0 Å². The Morgan fingerprint density at radius 3 is 1.72 bits per heavy atom. The number of carbonyl (C=O) groups excluding carboxylic acids is 13. The molecule has 1 aromatic carbocycles. The number of aromatic hydroxyl groups is 1. The van der Waals surface area contributed by atoms with E-state index in [0.717, 1.165) is 37.6 Å². The van der Waals surface area contributed by atoms with Gasteiger partial charge < -0.3 is 122 Å². The van der Waals surface area contributed by atoms with Gasteiger partial charge in [0.1, 0.15) is 78.4 Å². The van der Waals surface area contributed by atoms with Crippen molar-refractivity contribution in [2.24, 2.45) is 79.9 Å². The number of aliphatic hydroxyl groups excluding tert-OH is 4. The Hall–Kier alpha value is -9.53. The van der Waals surface area contributed by atoms with Crippen LogP contribution in [-0.4, -0.2) is 249 Å². The number of aliphatic imine (C=N–C) groups is 2. The summed E-state index contributed by atoms with van der Waals surface area (Å²) in [5, 5.41) is 75.7. The molecule has 0 spiro atoms. The van der Waals surface area contributed by atoms with Gasteiger partial charge in [0, 0.05) is 46.6 Å². The molecule has 38 heteroatoms. The molecule has 25 N–H and O–H groups in total. The summed E-state index contributed by atoms with van der Waals surface area (Å²) in [6.45, 7) is 17.4. The first kappa shape index (κ1) is 92.6. The predicted molar refractivity (Wildman–Crippen MR) is 386 cm³/mol. The molecule has 0 bridgehead atoms. The zero-order chi connectivity index (χ0) is 81.1. The Balaban J connectivity index is 3.02. The minimum atomic E-state index is -2.58. The normalized spacial score (nSPS) is 23.2. The molecule has 598 valence electrons. The van der Waals surface area contributed by atoms with Gasteiger partial charge in [-0.05, 0) is 114 Å². The highest BCUT2D eigenvalue weighted by atomic mass is 16.5. The van der Waals surface area contributed by atoms with Crippen molar-refractivity contribution in [2.45, 2.75) is 231 Å². The number of ether oxygens (including phenoxy) is 2. The summed E-state index contributed by atoms with van der Waals surface area (Å²) in [6, 6.07) is -12.6. The predicted octanol–water partition coefficient (Wildman–Crippen LogP) is -5.44. The highest BCUT2D eigenvalue weighted by Crippen LogP contribution is 2.27. The lowest BCUT2D eigenvalue weighted by Crippen LogP contribution is -2.65. The number of nitrogens with zero attached hydrogens (tertiary/aromatic N) is 4. The molecule has 106 heavy (non-hydrogen) atoms. The molecule has 0 saturated carbocycles. The van der Waals surface area contributed by atoms with Crippen molar-refractivity contribution in [2.75, 3.05) is 34.3 Å². The molecule has 0 aromatic heterocycles. The Morgan fingerprint density at radius 1 is 0.623 bits per heavy atom. The number of guanidine groups is 2. The summed E-state index contributed by atoms with van der Waals surface area (Å²) in [4.78, 5) is 196. The summed E-state index contributed by atoms with van der Waals surface area (Å²) < 4.78 is 11.7. The number of hydrogen-bond donors (Lipinski definition) is 19. The van der Waals surface area contributed by atoms with Crippen LogP contribution in [0.1, 0.15) is 146 Å². The van der Waals surface area contributed by atoms with Crippen molar-refractivity contribution in [1.82, 2.24) is 52.3 Å². The fraction of sp³-hybridized carbons (Fsp3) is 0.691. The number of cyclic esters (lactones) is 1. The van der Waals surface area contributed by atoms with E-state index in [9.17, 15) is 73.5 Å². The number of nitrogens with one attached hydrogen (secondary N) is 8. The third-order valence-corrected chi connectivity index (χ3v) is 18.5. The summed E-state index contributed by atoms with van der Waals surface area (Å²) in [6.07, 6.45) is -12.4. The van der Waals surface area contributed by atoms with E-state index in [2.05, 4.69) is 52.5 Å². The van der Waals surface area contributed by atoms with E-state index >= 15 is 14.4 Å². The third-order valence-electron chi connectivity index (χ3n) is 18.5. The van der Waals surface area contributed by atoms with Gasteiger partial charge in [-0.25, -0.2) is 4.79 Å². The van der Waals surface area contributed by atoms with Crippen LogP contribution in [0.25, 0.3) is 0 Å². The van der Waals surface area contributed by atoms with Crippen LogP contribution in [0, 0.1) is 35.5 Å². The van der Waals surface area contributed by atoms with E-state index in [1.165, 1.54) is 66.1 Å². The number of phenolic OH excluding ortho intramolecular Hbond substituents is 1. The second-order valence-corrected chi connectivity index (χ2v) is 28.0. The Bertz CT molecular complexity index is 3230. The molecule has 11 unspecified atom stereocenters. The van der Waals surface area contributed by atoms with Gasteiger partial charge in [0.25, 0.3) is 5.91 Å². The van der Waals surface area contributed by atoms with E-state index in [1.807, 2.05) is 13.8 Å². The summed E-state index contributed by atoms with van der Waals surface area (Å²) >= 11 is 0. The summed E-state index contributed by atoms with van der Waals surface area (Å²) in [5.41, 5.74) is 33.6. The molecule has 0 radical (unpaired) electrons. The Kier molecular flexibility index (Phi) is 38.2. The van der Waals surface area contributed by atoms with Gasteiger partial charge in [-0.15, -0.1) is 0 Å². The molecule has 20 atom stereocenters. The number of likely N-dealkylation sites (N-methyl/N-ethyl adjacent to an activating group) is 2. The van der Waals surface area contributed by atoms with Gasteiger partial charge in [0.15, 0.2) is 18.0 Å². The lowest BCUT2D eigenvalue weighted by Gasteiger charge is -2.36. The van der Waals surface area contributed by atoms with Crippen molar-refractivity contribution in [3.63, 3.8) is 0 Å². The third kappa shape index (κ3) is 28.7. The number of amides is 12. The number of esters is 1. The Labute approximate surface area is 617 Å². The number of phenols is 1. The minimum Gasteiger partial charge on any atom is -0.508 e. The molecule has 0 aliphatic carbocycles. The monoisotopic (exact) mass is 1500 g/mol. The molecule has 2 rings (SSSR count). The first-order chi connectivity index (χ1) is 49.3. The van der Waals surface area contributed by atoms with Crippen LogP contribution >= 0.6 is 0 Å². The zero-order valence-electron chi connectivity index (χ0n) is 63.2. The van der Waals surface area contributed by atoms with Crippen molar-refractivity contribution in [3.8, 4) is 5.75 Å². The van der Waals surface area contributed by atoms with Crippen molar-refractivity contribution in [3.05, 3.63) is 29.8 Å². The minimum absolute atomic E-state index is 0.00975. The van der Waals surface area contributed by atoms with Crippen molar-refractivity contribution < 1.29 is 97.3 Å². The van der Waals surface area contributed by atoms with Crippen LogP contribution in [0.15, 0.2) is 34.3 Å². The smallest absolute Gasteiger partial charge is 0.328 e. The maximum atomic E-state index is 15.1. The number of nitrogens with two attached hydrogens (primary N) is 6. The number of benzene rings is 1. The van der Waals surface area contributed by atoms with Crippen LogP contribution in [-0.2, 0) is 71.8 Å². The quantitative estimate of drug-likeness (QED) is 0.0132. The van der Waals surface area contributed by atoms with E-state index in [4.69, 9.17) is 43.9 Å². The highest BCUT2D eigenvalue weighted by molar-refractivity contribution is 5.99. The van der Waals surface area contributed by atoms with Crippen molar-refractivity contribution >= 4 is 88.8 Å². The van der Waals surface area contributed by atoms with Gasteiger partial charge in [0.05, 0.1) is 24.2 Å². The maximum absolute atomic E-state index is 15.1. The second-order valence-electron chi connectivity index (χ2n) is 28.0. The van der Waals surface area contributed by atoms with Gasteiger partial charge in [-0.2, -0.15) is 0 Å². The van der Waals surface area contributed by atoms with E-state index < -0.39 is 204 Å². The topological polar surface area (TPSA) is 625 Å². The van der Waals surface area contributed by atoms with Gasteiger partial charge >= 0.3 is 5.97 Å². The van der Waals surface area contributed by atoms with E-state index in [1.54, 1.807) is 20.8 Å². The number of hydrogen-bond acceptors (Lipinski definition) is 22. The number of methoxy groups -OCH3 is 1. The van der Waals surface area contributed by atoms with Gasteiger partial charge in [-0.3, -0.25) is 67.5 Å². The fourth-order valence-corrected chi connectivity index (χ4v) is 11.7. The number of carbonyl (C=O) groups is 13. The molecule has 12 amide bonds. The highest BCUT2D eigenvalue weighted by Gasteiger charge is 2.45. The zero-order valence-corrected chi connectivity index (χ0v) is 63.2. The van der Waals surface area contributed by atoms with Crippen LogP contribution < -0.4 is 76.9 Å². The first-order valence-electron chi connectivity index (χ1n) is 35.2. The van der Waals surface area contributed by atoms with Crippen LogP contribution in [0.5, 0.6) is 5.75 Å². The Morgan fingerprint density at radius 2 is 1.19 bits per heavy atom. The molecule has 1 heterocycles. The number of aliphatic hydroxyl groups is 4. The lowest BCUT2D eigenvalue weighted by molar-refractivity contribution is -0.162. The summed E-state index contributed by atoms with van der Waals surface area (Å²) in [7, 11) is 3.47. The first-order valence-corrected chi connectivity index (χ1v) is 35.2. The molecule has 1 saturated heterocycles. The number of primary amides is 2. The molecular weight excluding hydrogens is 1390 g/mol. The summed E-state index contributed by atoms with van der Waals surface area (Å²) in [5.74, 6) is -19.8. The van der Waals surface area contributed by atoms with Crippen LogP contribution in [0.4, 0.5) is 0 Å². The van der Waals surface area contributed by atoms with E-state index in [-0.39, 0.29) is 86.2 Å². The molecule has 1 fully saturated rings. The molecular formula is C68H116N18O20. The largest absolute Gasteiger partial charge is 0.508 e. The SMILES string of the molecule is COC(c1ccc(O)cc1)C1NC(=O)C(CCC(N)=O)N(C)C(=O)[C@H](CC(C)C)NC(=O)[C@@H](CCCN=C(N)N)NC(=O)[C@H](C(C)O)NC(=O)C(NC(=O)[C@@H](NC(=O)C(O)[C@H](O)[C@H](CCCN=C(N)N)NC(=O)C(C)NC(=O)[C@H](C)C(O)C(C)CC(C)C)C(C)[C@@H](C)C(N)=O)[C@@H](C)OC(=O)C(C)N(C)C1=O. The maximum Gasteiger partial charge on any atom is 0.328 e. The molecule has 38 nitrogen and oxygen atoms in total. The van der Waals surface area contributed by atoms with Gasteiger partial charge in [-0.1, -0.05) is 67.5 Å². The van der Waals surface area contributed by atoms with Gasteiger partial charge in [0.2, 0.25) is 65.0 Å². The number of rotatable bonds is 34. The second kappa shape index (κ2) is 43.8.